The molecule has 1 heterocycles. The van der Waals surface area contributed by atoms with Crippen LogP contribution in [0.2, 0.25) is 5.02 Å². The van der Waals surface area contributed by atoms with Crippen LogP contribution in [-0.4, -0.2) is 43.8 Å². The number of hydrogen-bond donors (Lipinski definition) is 1. The van der Waals surface area contributed by atoms with E-state index in [1.54, 1.807) is 12.1 Å². The molecule has 25 heavy (non-hydrogen) atoms. The predicted octanol–water partition coefficient (Wildman–Crippen LogP) is 3.50. The fourth-order valence-corrected chi connectivity index (χ4v) is 2.97. The van der Waals surface area contributed by atoms with Gasteiger partial charge in [0.25, 0.3) is 0 Å². The molecule has 0 aliphatic carbocycles. The van der Waals surface area contributed by atoms with Gasteiger partial charge in [-0.3, -0.25) is 4.90 Å². The van der Waals surface area contributed by atoms with Gasteiger partial charge in [-0.15, -0.1) is 0 Å². The topological polar surface area (TPSA) is 50.8 Å². The molecule has 1 fully saturated rings. The average molecular weight is 361 g/mol. The third-order valence-corrected chi connectivity index (χ3v) is 4.39. The number of rotatable bonds is 5. The Hall–Kier alpha value is -2.08. The molecule has 1 N–H and O–H groups in total. The van der Waals surface area contributed by atoms with E-state index in [9.17, 15) is 4.79 Å². The van der Waals surface area contributed by atoms with Gasteiger partial charge in [0.1, 0.15) is 5.75 Å². The number of nitrogens with zero attached hydrogens (tertiary/aromatic N) is 1. The zero-order valence-electron chi connectivity index (χ0n) is 13.9. The lowest BCUT2D eigenvalue weighted by molar-refractivity contribution is 0.0164. The van der Waals surface area contributed by atoms with Crippen molar-refractivity contribution < 1.29 is 14.3 Å². The Morgan fingerprint density at radius 1 is 1.12 bits per heavy atom. The summed E-state index contributed by atoms with van der Waals surface area (Å²) in [6.07, 6.45) is -0.460. The summed E-state index contributed by atoms with van der Waals surface area (Å²) in [6.45, 7) is 3.48. The molecule has 0 saturated carbocycles. The number of carbonyl (C=O) groups excluding carboxylic acids is 1. The third-order valence-electron chi connectivity index (χ3n) is 4.13. The van der Waals surface area contributed by atoms with Crippen molar-refractivity contribution in [2.75, 3.05) is 32.8 Å². The van der Waals surface area contributed by atoms with Crippen LogP contribution in [-0.2, 0) is 4.74 Å². The molecule has 5 nitrogen and oxygen atoms in total. The minimum atomic E-state index is -0.460. The van der Waals surface area contributed by atoms with E-state index in [1.807, 2.05) is 42.5 Å². The highest BCUT2D eigenvalue weighted by molar-refractivity contribution is 6.30. The van der Waals surface area contributed by atoms with Crippen LogP contribution in [0.15, 0.2) is 54.6 Å². The molecule has 0 radical (unpaired) electrons. The molecule has 3 rings (SSSR count). The summed E-state index contributed by atoms with van der Waals surface area (Å²) in [5, 5.41) is 3.56. The lowest BCUT2D eigenvalue weighted by atomic mass is 10.0. The van der Waals surface area contributed by atoms with Crippen LogP contribution in [0.3, 0.4) is 0 Å². The van der Waals surface area contributed by atoms with Crippen LogP contribution < -0.4 is 10.1 Å². The van der Waals surface area contributed by atoms with Crippen molar-refractivity contribution >= 4 is 17.7 Å². The first-order valence-electron chi connectivity index (χ1n) is 8.30. The second kappa shape index (κ2) is 8.85. The summed E-state index contributed by atoms with van der Waals surface area (Å²) in [7, 11) is 0. The molecule has 1 unspecified atom stereocenters. The summed E-state index contributed by atoms with van der Waals surface area (Å²) >= 11 is 6.00. The van der Waals surface area contributed by atoms with Gasteiger partial charge in [-0.05, 0) is 29.8 Å². The van der Waals surface area contributed by atoms with E-state index in [0.29, 0.717) is 30.5 Å². The number of nitrogens with one attached hydrogen (secondary N) is 1. The van der Waals surface area contributed by atoms with Gasteiger partial charge in [-0.2, -0.15) is 0 Å². The Morgan fingerprint density at radius 2 is 1.80 bits per heavy atom. The normalized spacial score (nSPS) is 16.2. The molecule has 2 aromatic rings. The first kappa shape index (κ1) is 17.7. The van der Waals surface area contributed by atoms with Crippen LogP contribution in [0.4, 0.5) is 4.79 Å². The van der Waals surface area contributed by atoms with Crippen LogP contribution >= 0.6 is 11.6 Å². The highest BCUT2D eigenvalue weighted by Gasteiger charge is 2.23. The lowest BCUT2D eigenvalue weighted by Crippen LogP contribution is -2.44. The number of ether oxygens (including phenoxy) is 2. The SMILES string of the molecule is O=C(NCC(c1ccc(Cl)cc1)N1CCOCC1)Oc1ccccc1. The van der Waals surface area contributed by atoms with Crippen molar-refractivity contribution in [3.8, 4) is 5.75 Å². The summed E-state index contributed by atoms with van der Waals surface area (Å²) in [6, 6.07) is 16.8. The van der Waals surface area contributed by atoms with E-state index in [1.165, 1.54) is 0 Å². The number of morpholine rings is 1. The Balaban J connectivity index is 1.64. The van der Waals surface area contributed by atoms with Gasteiger partial charge in [0.15, 0.2) is 0 Å². The molecule has 1 aliphatic heterocycles. The molecule has 132 valence electrons. The summed E-state index contributed by atoms with van der Waals surface area (Å²) in [5.74, 6) is 0.523. The Morgan fingerprint density at radius 3 is 2.48 bits per heavy atom. The number of halogens is 1. The maximum absolute atomic E-state index is 12.1. The first-order valence-corrected chi connectivity index (χ1v) is 8.68. The Kier molecular flexibility index (Phi) is 6.28. The van der Waals surface area contributed by atoms with Gasteiger partial charge < -0.3 is 14.8 Å². The summed E-state index contributed by atoms with van der Waals surface area (Å²) in [5.41, 5.74) is 1.10. The average Bonchev–Trinajstić information content (AvgIpc) is 2.65. The highest BCUT2D eigenvalue weighted by atomic mass is 35.5. The lowest BCUT2D eigenvalue weighted by Gasteiger charge is -2.34. The fraction of sp³-hybridized carbons (Fsp3) is 0.316. The minimum absolute atomic E-state index is 0.0458. The minimum Gasteiger partial charge on any atom is -0.410 e. The van der Waals surface area contributed by atoms with E-state index in [4.69, 9.17) is 21.1 Å². The van der Waals surface area contributed by atoms with Crippen LogP contribution in [0.1, 0.15) is 11.6 Å². The molecule has 1 saturated heterocycles. The number of hydrogen-bond acceptors (Lipinski definition) is 4. The third kappa shape index (κ3) is 5.19. The molecule has 1 amide bonds. The number of para-hydroxylation sites is 1. The molecule has 0 aromatic heterocycles. The molecular formula is C19H21ClN2O3. The van der Waals surface area contributed by atoms with Crippen LogP contribution in [0.25, 0.3) is 0 Å². The number of benzene rings is 2. The van der Waals surface area contributed by atoms with Crippen molar-refractivity contribution in [1.82, 2.24) is 10.2 Å². The van der Waals surface area contributed by atoms with Gasteiger partial charge in [0, 0.05) is 24.7 Å². The van der Waals surface area contributed by atoms with Crippen molar-refractivity contribution in [1.29, 1.82) is 0 Å². The Labute approximate surface area is 152 Å². The van der Waals surface area contributed by atoms with Gasteiger partial charge in [0.2, 0.25) is 0 Å². The number of carbonyl (C=O) groups is 1. The second-order valence-electron chi connectivity index (χ2n) is 5.80. The first-order chi connectivity index (χ1) is 12.2. The molecule has 6 heteroatoms. The van der Waals surface area contributed by atoms with Gasteiger partial charge in [-0.1, -0.05) is 41.9 Å². The second-order valence-corrected chi connectivity index (χ2v) is 6.24. The van der Waals surface area contributed by atoms with E-state index in [-0.39, 0.29) is 6.04 Å². The maximum Gasteiger partial charge on any atom is 0.412 e. The van der Waals surface area contributed by atoms with Gasteiger partial charge in [-0.25, -0.2) is 4.79 Å². The smallest absolute Gasteiger partial charge is 0.410 e. The van der Waals surface area contributed by atoms with E-state index >= 15 is 0 Å². The van der Waals surface area contributed by atoms with Crippen molar-refractivity contribution in [3.63, 3.8) is 0 Å². The monoisotopic (exact) mass is 360 g/mol. The van der Waals surface area contributed by atoms with Crippen LogP contribution in [0, 0.1) is 0 Å². The Bertz CT molecular complexity index is 673. The molecule has 2 aromatic carbocycles. The molecule has 0 spiro atoms. The molecular weight excluding hydrogens is 340 g/mol. The van der Waals surface area contributed by atoms with E-state index in [0.717, 1.165) is 18.7 Å². The van der Waals surface area contributed by atoms with Crippen LogP contribution in [0.5, 0.6) is 5.75 Å². The zero-order valence-corrected chi connectivity index (χ0v) is 14.6. The largest absolute Gasteiger partial charge is 0.412 e. The summed E-state index contributed by atoms with van der Waals surface area (Å²) < 4.78 is 10.7. The van der Waals surface area contributed by atoms with Crippen molar-refractivity contribution in [3.05, 3.63) is 65.2 Å². The standard InChI is InChI=1S/C19H21ClN2O3/c20-16-8-6-15(7-9-16)18(22-10-12-24-13-11-22)14-21-19(23)25-17-4-2-1-3-5-17/h1-9,18H,10-14H2,(H,21,23). The number of amides is 1. The van der Waals surface area contributed by atoms with Crippen molar-refractivity contribution in [2.24, 2.45) is 0 Å². The zero-order chi connectivity index (χ0) is 17.5. The van der Waals surface area contributed by atoms with Gasteiger partial charge in [0.05, 0.1) is 19.3 Å². The molecule has 1 aliphatic rings. The van der Waals surface area contributed by atoms with Crippen molar-refractivity contribution in [2.45, 2.75) is 6.04 Å². The predicted molar refractivity (Wildman–Crippen MR) is 97.1 cm³/mol. The highest BCUT2D eigenvalue weighted by Crippen LogP contribution is 2.23. The molecule has 0 bridgehead atoms. The summed E-state index contributed by atoms with van der Waals surface area (Å²) in [4.78, 5) is 14.4. The quantitative estimate of drug-likeness (QED) is 0.886. The van der Waals surface area contributed by atoms with E-state index in [2.05, 4.69) is 10.2 Å². The van der Waals surface area contributed by atoms with E-state index < -0.39 is 6.09 Å². The molecule has 1 atom stereocenters. The fourth-order valence-electron chi connectivity index (χ4n) is 2.84. The maximum atomic E-state index is 12.1. The van der Waals surface area contributed by atoms with Gasteiger partial charge >= 0.3 is 6.09 Å².